The zero-order chi connectivity index (χ0) is 19.3. The second kappa shape index (κ2) is 8.82. The molecule has 2 aromatic carbocycles. The Morgan fingerprint density at radius 1 is 1.15 bits per heavy atom. The van der Waals surface area contributed by atoms with Crippen molar-refractivity contribution in [3.63, 3.8) is 0 Å². The summed E-state index contributed by atoms with van der Waals surface area (Å²) < 4.78 is 41.1. The minimum Gasteiger partial charge on any atom is -0.497 e. The maximum Gasteiger partial charge on any atom is 0.179 e. The van der Waals surface area contributed by atoms with Gasteiger partial charge in [0.15, 0.2) is 21.3 Å². The van der Waals surface area contributed by atoms with Gasteiger partial charge in [-0.15, -0.1) is 0 Å². The Morgan fingerprint density at radius 2 is 1.89 bits per heavy atom. The minimum absolute atomic E-state index is 0.00237. The van der Waals surface area contributed by atoms with Gasteiger partial charge in [0.05, 0.1) is 36.0 Å². The number of hydrogen-bond donors (Lipinski definition) is 1. The molecule has 1 N–H and O–H groups in total. The molecule has 0 fully saturated rings. The van der Waals surface area contributed by atoms with Crippen LogP contribution in [0.3, 0.4) is 0 Å². The van der Waals surface area contributed by atoms with E-state index in [-0.39, 0.29) is 10.6 Å². The highest BCUT2D eigenvalue weighted by molar-refractivity contribution is 7.91. The lowest BCUT2D eigenvalue weighted by atomic mass is 10.2. The Balaban J connectivity index is 1.56. The summed E-state index contributed by atoms with van der Waals surface area (Å²) in [5, 5.41) is 3.64. The highest BCUT2D eigenvalue weighted by Crippen LogP contribution is 2.37. The second-order valence-corrected chi connectivity index (χ2v) is 8.64. The van der Waals surface area contributed by atoms with Gasteiger partial charge in [-0.05, 0) is 42.0 Å². The molecule has 8 heteroatoms. The van der Waals surface area contributed by atoms with Gasteiger partial charge in [0.2, 0.25) is 0 Å². The maximum absolute atomic E-state index is 12.4. The normalized spacial score (nSPS) is 13.9. The third-order valence-electron chi connectivity index (χ3n) is 4.16. The van der Waals surface area contributed by atoms with Crippen LogP contribution in [0.1, 0.15) is 12.0 Å². The molecule has 0 saturated carbocycles. The SMILES string of the molecule is COc1ccc(S(=O)(=O)CCNCc2cc(Cl)c3c(c2)OCCCO3)cc1. The van der Waals surface area contributed by atoms with E-state index in [1.165, 1.54) is 0 Å². The summed E-state index contributed by atoms with van der Waals surface area (Å²) in [4.78, 5) is 0.281. The van der Waals surface area contributed by atoms with Crippen molar-refractivity contribution in [3.8, 4) is 17.2 Å². The molecule has 0 atom stereocenters. The highest BCUT2D eigenvalue weighted by Gasteiger charge is 2.16. The summed E-state index contributed by atoms with van der Waals surface area (Å²) in [5.74, 6) is 1.82. The van der Waals surface area contributed by atoms with E-state index in [4.69, 9.17) is 25.8 Å². The molecule has 0 spiro atoms. The van der Waals surface area contributed by atoms with Crippen LogP contribution < -0.4 is 19.5 Å². The number of rotatable bonds is 7. The quantitative estimate of drug-likeness (QED) is 0.706. The van der Waals surface area contributed by atoms with Crippen molar-refractivity contribution in [3.05, 3.63) is 47.0 Å². The van der Waals surface area contributed by atoms with Gasteiger partial charge < -0.3 is 19.5 Å². The maximum atomic E-state index is 12.4. The summed E-state index contributed by atoms with van der Waals surface area (Å²) >= 11 is 6.27. The standard InChI is InChI=1S/C19H22ClNO5S/c1-24-15-3-5-16(6-4-15)27(22,23)10-7-21-13-14-11-17(20)19-18(12-14)25-8-2-9-26-19/h3-6,11-12,21H,2,7-10,13H2,1H3. The van der Waals surface area contributed by atoms with Crippen LogP contribution >= 0.6 is 11.6 Å². The fourth-order valence-electron chi connectivity index (χ4n) is 2.73. The number of fused-ring (bicyclic) bond motifs is 1. The molecular weight excluding hydrogens is 390 g/mol. The summed E-state index contributed by atoms with van der Waals surface area (Å²) in [6.45, 7) is 1.96. The van der Waals surface area contributed by atoms with E-state index in [0.29, 0.717) is 48.6 Å². The number of ether oxygens (including phenoxy) is 3. The third kappa shape index (κ3) is 5.06. The largest absolute Gasteiger partial charge is 0.497 e. The van der Waals surface area contributed by atoms with Gasteiger partial charge in [0, 0.05) is 19.5 Å². The molecule has 1 aliphatic rings. The number of sulfone groups is 1. The topological polar surface area (TPSA) is 73.9 Å². The summed E-state index contributed by atoms with van der Waals surface area (Å²) in [5.41, 5.74) is 0.908. The third-order valence-corrected chi connectivity index (χ3v) is 6.17. The molecule has 1 aliphatic heterocycles. The molecule has 0 bridgehead atoms. The molecular formula is C19H22ClNO5S. The number of hydrogen-bond acceptors (Lipinski definition) is 6. The van der Waals surface area contributed by atoms with Gasteiger partial charge in [-0.25, -0.2) is 8.42 Å². The number of halogens is 1. The molecule has 0 saturated heterocycles. The predicted molar refractivity (Wildman–Crippen MR) is 104 cm³/mol. The fourth-order valence-corrected chi connectivity index (χ4v) is 4.21. The smallest absolute Gasteiger partial charge is 0.179 e. The van der Waals surface area contributed by atoms with Crippen molar-refractivity contribution in [2.45, 2.75) is 17.9 Å². The van der Waals surface area contributed by atoms with E-state index in [0.717, 1.165) is 12.0 Å². The Bertz CT molecular complexity index is 884. The van der Waals surface area contributed by atoms with Gasteiger partial charge in [0.25, 0.3) is 0 Å². The van der Waals surface area contributed by atoms with Crippen LogP contribution in [0.5, 0.6) is 17.2 Å². The summed E-state index contributed by atoms with van der Waals surface area (Å²) in [6.07, 6.45) is 0.807. The molecule has 27 heavy (non-hydrogen) atoms. The van der Waals surface area contributed by atoms with Gasteiger partial charge in [-0.1, -0.05) is 11.6 Å². The Hall–Kier alpha value is -1.96. The van der Waals surface area contributed by atoms with E-state index in [1.54, 1.807) is 37.4 Å². The molecule has 146 valence electrons. The first-order valence-corrected chi connectivity index (χ1v) is 10.7. The Kier molecular flexibility index (Phi) is 6.46. The lowest BCUT2D eigenvalue weighted by Gasteiger charge is -2.12. The first-order chi connectivity index (χ1) is 13.0. The number of nitrogens with one attached hydrogen (secondary N) is 1. The van der Waals surface area contributed by atoms with E-state index >= 15 is 0 Å². The molecule has 0 unspecified atom stereocenters. The highest BCUT2D eigenvalue weighted by atomic mass is 35.5. The lowest BCUT2D eigenvalue weighted by molar-refractivity contribution is 0.297. The molecule has 2 aromatic rings. The van der Waals surface area contributed by atoms with Crippen molar-refractivity contribution in [2.75, 3.05) is 32.6 Å². The van der Waals surface area contributed by atoms with Gasteiger partial charge >= 0.3 is 0 Å². The van der Waals surface area contributed by atoms with Crippen LogP contribution in [0, 0.1) is 0 Å². The fraction of sp³-hybridized carbons (Fsp3) is 0.368. The van der Waals surface area contributed by atoms with Crippen LogP contribution in [0.2, 0.25) is 5.02 Å². The van der Waals surface area contributed by atoms with Gasteiger partial charge in [0.1, 0.15) is 5.75 Å². The second-order valence-electron chi connectivity index (χ2n) is 6.13. The van der Waals surface area contributed by atoms with E-state index in [2.05, 4.69) is 5.32 Å². The zero-order valence-electron chi connectivity index (χ0n) is 15.0. The van der Waals surface area contributed by atoms with Crippen LogP contribution in [0.15, 0.2) is 41.3 Å². The van der Waals surface area contributed by atoms with Crippen molar-refractivity contribution in [1.29, 1.82) is 0 Å². The van der Waals surface area contributed by atoms with E-state index in [1.807, 2.05) is 6.07 Å². The lowest BCUT2D eigenvalue weighted by Crippen LogP contribution is -2.22. The molecule has 0 aliphatic carbocycles. The van der Waals surface area contributed by atoms with E-state index < -0.39 is 9.84 Å². The Labute approximate surface area is 164 Å². The first-order valence-electron chi connectivity index (χ1n) is 8.65. The minimum atomic E-state index is -3.36. The van der Waals surface area contributed by atoms with Gasteiger partial charge in [-0.2, -0.15) is 0 Å². The predicted octanol–water partition coefficient (Wildman–Crippen LogP) is 3.07. The van der Waals surface area contributed by atoms with Crippen LogP contribution in [0.25, 0.3) is 0 Å². The van der Waals surface area contributed by atoms with E-state index in [9.17, 15) is 8.42 Å². The van der Waals surface area contributed by atoms with Crippen LogP contribution in [-0.4, -0.2) is 41.0 Å². The zero-order valence-corrected chi connectivity index (χ0v) is 16.6. The molecule has 0 amide bonds. The van der Waals surface area contributed by atoms with Crippen molar-refractivity contribution in [1.82, 2.24) is 5.32 Å². The van der Waals surface area contributed by atoms with Crippen LogP contribution in [-0.2, 0) is 16.4 Å². The van der Waals surface area contributed by atoms with Crippen molar-refractivity contribution < 1.29 is 22.6 Å². The van der Waals surface area contributed by atoms with Crippen molar-refractivity contribution in [2.24, 2.45) is 0 Å². The summed E-state index contributed by atoms with van der Waals surface area (Å²) in [6, 6.07) is 10.1. The monoisotopic (exact) mass is 411 g/mol. The average molecular weight is 412 g/mol. The summed E-state index contributed by atoms with van der Waals surface area (Å²) in [7, 11) is -1.81. The Morgan fingerprint density at radius 3 is 2.63 bits per heavy atom. The molecule has 1 heterocycles. The van der Waals surface area contributed by atoms with Gasteiger partial charge in [-0.3, -0.25) is 0 Å². The first kappa shape index (κ1) is 19.8. The molecule has 0 radical (unpaired) electrons. The van der Waals surface area contributed by atoms with Crippen molar-refractivity contribution >= 4 is 21.4 Å². The number of methoxy groups -OCH3 is 1. The molecule has 0 aromatic heterocycles. The average Bonchev–Trinajstić information content (AvgIpc) is 2.91. The number of benzene rings is 2. The van der Waals surface area contributed by atoms with Crippen LogP contribution in [0.4, 0.5) is 0 Å². The molecule has 6 nitrogen and oxygen atoms in total. The molecule has 3 rings (SSSR count).